The van der Waals surface area contributed by atoms with Crippen LogP contribution in [0.5, 0.6) is 0 Å². The summed E-state index contributed by atoms with van der Waals surface area (Å²) in [4.78, 5) is 61.7. The molecule has 0 amide bonds. The smallest absolute Gasteiger partial charge is 0.333 e. The summed E-state index contributed by atoms with van der Waals surface area (Å²) in [7, 11) is 0. The lowest BCUT2D eigenvalue weighted by molar-refractivity contribution is -0.133. The fraction of sp³-hybridized carbons (Fsp3) is 0.0261. The summed E-state index contributed by atoms with van der Waals surface area (Å²) in [6.07, 6.45) is 28.1. The molecule has 0 aromatic heterocycles. The number of fused-ring (bicyclic) bond motifs is 6. The number of benzene rings is 14. The lowest BCUT2D eigenvalue weighted by atomic mass is 9.82. The van der Waals surface area contributed by atoms with Gasteiger partial charge in [0.1, 0.15) is 0 Å². The molecule has 2 aliphatic carbocycles. The van der Waals surface area contributed by atoms with Crippen molar-refractivity contribution in [3.63, 3.8) is 0 Å². The van der Waals surface area contributed by atoms with Crippen molar-refractivity contribution in [3.05, 3.63) is 508 Å². The molecule has 0 saturated carbocycles. The third kappa shape index (κ3) is 20.7. The summed E-state index contributed by atoms with van der Waals surface area (Å²) in [6.45, 7) is 33.0. The molecule has 4 N–H and O–H groups in total. The van der Waals surface area contributed by atoms with Gasteiger partial charge in [-0.25, -0.2) is 19.4 Å². The van der Waals surface area contributed by atoms with Crippen LogP contribution in [0.3, 0.4) is 0 Å². The number of anilines is 6. The van der Waals surface area contributed by atoms with Crippen molar-refractivity contribution < 1.29 is 39.6 Å². The predicted octanol–water partition coefficient (Wildman–Crippen LogP) is 28.4. The third-order valence-electron chi connectivity index (χ3n) is 22.2. The van der Waals surface area contributed by atoms with E-state index in [-0.39, 0.29) is 28.2 Å². The Morgan fingerprint density at radius 2 is 0.442 bits per heavy atom. The molecular weight excluding hydrogens is 1590 g/mol. The number of rotatable bonds is 25. The SMILES string of the molecule is [C-]#[N+]/C(=C\c1ccc(/C=C/c2ccc(N(c3ccc(/C=C/c4ccc(/C=C(\[N+]#[C-])C(=O)O)cc4)cc3)c3ccc(/C=C/c4ccc5c(c4)C(C)(C)c4ccccc4-5)cc3)cc2)cc1)C(=O)O.[C-]#[N+]/C(=C\c1ccc(/C=C/c2ccc(N(c3ccc(C=C4c5ccccc5-c5ccccc54)cc3)c3ccc(/C=C/c4ccc(/C=C(\[N+]#[C-])C(=O)O)cc4)cc3)cc2)cc1)C(=O)O. The summed E-state index contributed by atoms with van der Waals surface area (Å²) in [5.41, 5.74) is 29.6. The second-order valence-electron chi connectivity index (χ2n) is 31.0. The van der Waals surface area contributed by atoms with Crippen molar-refractivity contribution in [2.45, 2.75) is 19.3 Å². The molecule has 16 rings (SSSR count). The van der Waals surface area contributed by atoms with Gasteiger partial charge in [0, 0.05) is 39.5 Å². The van der Waals surface area contributed by atoms with Crippen LogP contribution in [-0.4, -0.2) is 44.3 Å². The normalized spacial score (nSPS) is 12.6. The minimum absolute atomic E-state index is 0.0626. The molecular formula is C115H80N6O8. The number of hydrogen-bond acceptors (Lipinski definition) is 6. The van der Waals surface area contributed by atoms with Gasteiger partial charge in [-0.2, -0.15) is 0 Å². The molecule has 0 unspecified atom stereocenters. The lowest BCUT2D eigenvalue weighted by Crippen LogP contribution is -2.14. The number of aliphatic carboxylic acids is 4. The van der Waals surface area contributed by atoms with E-state index in [0.29, 0.717) is 22.3 Å². The number of hydrogen-bond donors (Lipinski definition) is 4. The molecule has 14 nitrogen and oxygen atoms in total. The monoisotopic (exact) mass is 1670 g/mol. The van der Waals surface area contributed by atoms with E-state index in [1.54, 1.807) is 48.5 Å². The first kappa shape index (κ1) is 85.9. The Hall–Kier alpha value is -18.1. The zero-order valence-electron chi connectivity index (χ0n) is 70.0. The van der Waals surface area contributed by atoms with Crippen molar-refractivity contribution in [3.8, 4) is 22.3 Å². The van der Waals surface area contributed by atoms with Crippen molar-refractivity contribution in [1.82, 2.24) is 0 Å². The topological polar surface area (TPSA) is 173 Å². The molecule has 2 aliphatic rings. The third-order valence-corrected chi connectivity index (χ3v) is 22.2. The quantitative estimate of drug-likeness (QED) is 0.0245. The summed E-state index contributed by atoms with van der Waals surface area (Å²) in [5.74, 6) is -5.00. The molecule has 0 saturated heterocycles. The zero-order valence-corrected chi connectivity index (χ0v) is 70.0. The second-order valence-corrected chi connectivity index (χ2v) is 31.0. The molecule has 0 bridgehead atoms. The highest BCUT2D eigenvalue weighted by Crippen LogP contribution is 2.50. The van der Waals surface area contributed by atoms with Crippen LogP contribution in [0.2, 0.25) is 0 Å². The first-order chi connectivity index (χ1) is 62.7. The second kappa shape index (κ2) is 39.4. The Balaban J connectivity index is 0.000000198. The van der Waals surface area contributed by atoms with Crippen molar-refractivity contribution >= 4 is 155 Å². The van der Waals surface area contributed by atoms with E-state index in [9.17, 15) is 39.6 Å². The maximum absolute atomic E-state index is 11.3. The summed E-state index contributed by atoms with van der Waals surface area (Å²) >= 11 is 0. The van der Waals surface area contributed by atoms with Crippen LogP contribution in [0.1, 0.15) is 120 Å². The molecule has 0 radical (unpaired) electrons. The van der Waals surface area contributed by atoms with Gasteiger partial charge >= 0.3 is 23.9 Å². The molecule has 0 heterocycles. The van der Waals surface area contributed by atoms with Crippen molar-refractivity contribution in [2.24, 2.45) is 0 Å². The molecule has 14 heteroatoms. The van der Waals surface area contributed by atoms with Gasteiger partial charge in [0.2, 0.25) is 0 Å². The van der Waals surface area contributed by atoms with Gasteiger partial charge < -0.3 is 30.2 Å². The number of carboxylic acid groups (broad SMARTS) is 4. The van der Waals surface area contributed by atoms with E-state index in [1.807, 2.05) is 97.1 Å². The van der Waals surface area contributed by atoms with Gasteiger partial charge in [-0.1, -0.05) is 335 Å². The molecule has 14 aromatic rings. The Kier molecular flexibility index (Phi) is 26.2. The summed E-state index contributed by atoms with van der Waals surface area (Å²) < 4.78 is 0. The maximum Gasteiger partial charge on any atom is 0.333 e. The first-order valence-corrected chi connectivity index (χ1v) is 41.2. The van der Waals surface area contributed by atoms with Crippen molar-refractivity contribution in [1.29, 1.82) is 0 Å². The highest BCUT2D eigenvalue weighted by atomic mass is 16.4. The predicted molar refractivity (Wildman–Crippen MR) is 524 cm³/mol. The van der Waals surface area contributed by atoms with Gasteiger partial charge in [0.05, 0.1) is 26.3 Å². The van der Waals surface area contributed by atoms with Gasteiger partial charge in [-0.15, -0.1) is 0 Å². The number of nitrogens with zero attached hydrogens (tertiary/aromatic N) is 6. The summed E-state index contributed by atoms with van der Waals surface area (Å²) in [6, 6.07) is 112. The van der Waals surface area contributed by atoms with E-state index >= 15 is 0 Å². The maximum atomic E-state index is 11.3. The Labute approximate surface area is 748 Å². The van der Waals surface area contributed by atoms with Crippen LogP contribution >= 0.6 is 0 Å². The fourth-order valence-electron chi connectivity index (χ4n) is 15.5. The Morgan fingerprint density at radius 3 is 0.698 bits per heavy atom. The van der Waals surface area contributed by atoms with E-state index in [0.717, 1.165) is 95.3 Å². The van der Waals surface area contributed by atoms with Gasteiger partial charge in [-0.3, -0.25) is 19.2 Å². The fourth-order valence-corrected chi connectivity index (χ4v) is 15.5. The molecule has 0 atom stereocenters. The molecule has 14 aromatic carbocycles. The first-order valence-electron chi connectivity index (χ1n) is 41.2. The highest BCUT2D eigenvalue weighted by molar-refractivity contribution is 6.07. The number of carbonyl (C=O) groups is 4. The van der Waals surface area contributed by atoms with E-state index in [4.69, 9.17) is 26.3 Å². The lowest BCUT2D eigenvalue weighted by Gasteiger charge is -2.26. The van der Waals surface area contributed by atoms with Crippen LogP contribution < -0.4 is 9.80 Å². The number of carboxylic acids is 4. The average molecular weight is 1670 g/mol. The molecule has 0 spiro atoms. The largest absolute Gasteiger partial charge is 0.486 e. The molecule has 129 heavy (non-hydrogen) atoms. The van der Waals surface area contributed by atoms with E-state index in [2.05, 4.69) is 298 Å². The minimum atomic E-state index is -1.25. The van der Waals surface area contributed by atoms with Crippen LogP contribution in [0.25, 0.3) is 138 Å². The summed E-state index contributed by atoms with van der Waals surface area (Å²) in [5, 5.41) is 36.7. The Bertz CT molecular complexity index is 6820. The van der Waals surface area contributed by atoms with Crippen molar-refractivity contribution in [2.75, 3.05) is 9.80 Å². The van der Waals surface area contributed by atoms with E-state index < -0.39 is 23.9 Å². The molecule has 618 valence electrons. The van der Waals surface area contributed by atoms with Gasteiger partial charge in [-0.05, 0) is 237 Å². The molecule has 0 aliphatic heterocycles. The average Bonchev–Trinajstić information content (AvgIpc) is 1.59. The molecule has 0 fully saturated rings. The highest BCUT2D eigenvalue weighted by Gasteiger charge is 2.35. The van der Waals surface area contributed by atoms with Gasteiger partial charge in [0.15, 0.2) is 0 Å². The van der Waals surface area contributed by atoms with Crippen LogP contribution in [-0.2, 0) is 24.6 Å². The minimum Gasteiger partial charge on any atom is -0.486 e. The zero-order chi connectivity index (χ0) is 89.9. The standard InChI is InChI=1S/C59H43N3O4.C56H37N3O4/c1-59(2)53-8-6-5-7-51(53)52-36-29-45(37-54(52)59)18-13-44-27-34-50(35-28-44)62(48-30-23-42(24-31-48)11-9-40-14-19-46(20-15-40)38-55(60-3)57(63)64)49-32-25-43(26-33-49)12-10-41-16-21-47(22-17-41)39-56(61-4)58(65)66;1-57-53(55(60)61)36-43-19-15-38(16-20-43)11-13-40-23-29-45(30-24-40)59(46-31-25-41(26-32-46)14-12-39-17-21-44(22-18-39)37-54(58-2)56(62)63)47-33-27-42(28-34-47)35-52-50-9-5-3-7-48(50)49-8-4-6-10-51(49)52/h5-39H,1-2H3,(H,63,64)(H,65,66);3-37H,(H,60,61)(H,62,63)/b11-9+,12-10+,18-13+,55-38-,56-39-;13-11+,14-12+,53-36-,54-37-. The van der Waals surface area contributed by atoms with E-state index in [1.165, 1.54) is 74.4 Å². The van der Waals surface area contributed by atoms with Crippen LogP contribution in [0, 0.1) is 26.3 Å². The van der Waals surface area contributed by atoms with Gasteiger partial charge in [0.25, 0.3) is 22.8 Å². The Morgan fingerprint density at radius 1 is 0.240 bits per heavy atom. The van der Waals surface area contributed by atoms with Crippen LogP contribution in [0.15, 0.2) is 356 Å². The van der Waals surface area contributed by atoms with Crippen LogP contribution in [0.4, 0.5) is 34.1 Å².